The molecule has 0 N–H and O–H groups in total. The number of aryl methyl sites for hydroxylation is 2. The molecule has 0 spiro atoms. The van der Waals surface area contributed by atoms with E-state index in [1.807, 2.05) is 6.07 Å². The van der Waals surface area contributed by atoms with E-state index < -0.39 is 11.7 Å². The maximum atomic E-state index is 13.0. The van der Waals surface area contributed by atoms with Crippen LogP contribution in [0, 0.1) is 6.57 Å². The van der Waals surface area contributed by atoms with Gasteiger partial charge in [0, 0.05) is 0 Å². The quantitative estimate of drug-likeness (QED) is 0.325. The Kier molecular flexibility index (Phi) is 7.72. The number of unbranched alkanes of at least 4 members (excludes halogenated alkanes) is 5. The summed E-state index contributed by atoms with van der Waals surface area (Å²) in [7, 11) is 0. The van der Waals surface area contributed by atoms with Crippen molar-refractivity contribution in [1.29, 1.82) is 0 Å². The van der Waals surface area contributed by atoms with Crippen LogP contribution in [0.25, 0.3) is 4.85 Å². The molecule has 0 aliphatic heterocycles. The van der Waals surface area contributed by atoms with Gasteiger partial charge in [-0.3, -0.25) is 0 Å². The molecular weight excluding hydrogens is 335 g/mol. The number of alkyl halides is 3. The van der Waals surface area contributed by atoms with Crippen molar-refractivity contribution in [2.24, 2.45) is 0 Å². The monoisotopic (exact) mass is 359 g/mol. The Morgan fingerprint density at radius 3 is 1.88 bits per heavy atom. The molecule has 0 saturated heterocycles. The maximum Gasteiger partial charge on any atom is 0.407 e. The van der Waals surface area contributed by atoms with Gasteiger partial charge in [-0.15, -0.1) is 0 Å². The van der Waals surface area contributed by atoms with Crippen LogP contribution in [-0.2, 0) is 19.0 Å². The Morgan fingerprint density at radius 2 is 1.31 bits per heavy atom. The van der Waals surface area contributed by atoms with Gasteiger partial charge in [-0.05, 0) is 36.8 Å². The summed E-state index contributed by atoms with van der Waals surface area (Å²) in [4.78, 5) is 2.97. The first-order chi connectivity index (χ1) is 12.5. The zero-order valence-corrected chi connectivity index (χ0v) is 14.9. The van der Waals surface area contributed by atoms with Crippen LogP contribution in [0.2, 0.25) is 0 Å². The first kappa shape index (κ1) is 20.0. The van der Waals surface area contributed by atoms with Gasteiger partial charge in [0.15, 0.2) is 5.69 Å². The second-order valence-electron chi connectivity index (χ2n) is 6.57. The van der Waals surface area contributed by atoms with E-state index in [9.17, 15) is 13.2 Å². The Balaban J connectivity index is 1.65. The number of rotatable bonds is 9. The van der Waals surface area contributed by atoms with Gasteiger partial charge in [0.05, 0.1) is 12.1 Å². The van der Waals surface area contributed by atoms with E-state index in [2.05, 4.69) is 29.1 Å². The molecule has 138 valence electrons. The van der Waals surface area contributed by atoms with E-state index in [0.29, 0.717) is 12.0 Å². The van der Waals surface area contributed by atoms with Crippen molar-refractivity contribution in [2.75, 3.05) is 0 Å². The maximum absolute atomic E-state index is 13.0. The molecule has 0 aromatic heterocycles. The standard InChI is InChI=1S/C22H24F3N/c1-26-21-16-15-19(17-20(21)22(23,24)25)14-8-5-3-2-4-7-11-18-12-9-6-10-13-18/h6,9-10,12-13,15-17H,2-5,7-8,11,14H2. The molecule has 0 heterocycles. The van der Waals surface area contributed by atoms with Crippen molar-refractivity contribution in [3.8, 4) is 0 Å². The summed E-state index contributed by atoms with van der Waals surface area (Å²) < 4.78 is 38.9. The third-order valence-corrected chi connectivity index (χ3v) is 4.51. The number of nitrogens with zero attached hydrogens (tertiary/aromatic N) is 1. The number of hydrogen-bond acceptors (Lipinski definition) is 0. The van der Waals surface area contributed by atoms with Gasteiger partial charge < -0.3 is 0 Å². The summed E-state index contributed by atoms with van der Waals surface area (Å²) in [6.45, 7) is 6.86. The third kappa shape index (κ3) is 6.55. The lowest BCUT2D eigenvalue weighted by molar-refractivity contribution is -0.136. The van der Waals surface area contributed by atoms with Gasteiger partial charge in [0.25, 0.3) is 0 Å². The zero-order chi connectivity index (χ0) is 18.8. The molecule has 0 aliphatic rings. The fourth-order valence-corrected chi connectivity index (χ4v) is 3.07. The van der Waals surface area contributed by atoms with Crippen molar-refractivity contribution in [3.63, 3.8) is 0 Å². The third-order valence-electron chi connectivity index (χ3n) is 4.51. The van der Waals surface area contributed by atoms with Crippen molar-refractivity contribution in [3.05, 3.63) is 76.6 Å². The number of hydrogen-bond donors (Lipinski definition) is 0. The van der Waals surface area contributed by atoms with Gasteiger partial charge in [-0.1, -0.05) is 74.2 Å². The van der Waals surface area contributed by atoms with Crippen LogP contribution in [0.3, 0.4) is 0 Å². The molecular formula is C22H24F3N. The van der Waals surface area contributed by atoms with Gasteiger partial charge >= 0.3 is 6.18 Å². The molecule has 0 fully saturated rings. The molecule has 0 atom stereocenters. The van der Waals surface area contributed by atoms with Gasteiger partial charge in [0.1, 0.15) is 0 Å². The molecule has 0 saturated carbocycles. The summed E-state index contributed by atoms with van der Waals surface area (Å²) in [5, 5.41) is 0. The first-order valence-electron chi connectivity index (χ1n) is 9.12. The average Bonchev–Trinajstić information content (AvgIpc) is 2.64. The highest BCUT2D eigenvalue weighted by atomic mass is 19.4. The largest absolute Gasteiger partial charge is 0.407 e. The van der Waals surface area contributed by atoms with Crippen LogP contribution in [0.15, 0.2) is 48.5 Å². The van der Waals surface area contributed by atoms with E-state index in [0.717, 1.165) is 38.2 Å². The highest BCUT2D eigenvalue weighted by Gasteiger charge is 2.33. The van der Waals surface area contributed by atoms with Crippen LogP contribution in [0.4, 0.5) is 18.9 Å². The summed E-state index contributed by atoms with van der Waals surface area (Å²) >= 11 is 0. The van der Waals surface area contributed by atoms with E-state index in [4.69, 9.17) is 6.57 Å². The molecule has 0 aliphatic carbocycles. The van der Waals surface area contributed by atoms with Crippen LogP contribution >= 0.6 is 0 Å². The van der Waals surface area contributed by atoms with E-state index in [1.165, 1.54) is 24.5 Å². The Hall–Kier alpha value is -2.28. The molecule has 2 aromatic carbocycles. The highest BCUT2D eigenvalue weighted by molar-refractivity contribution is 5.55. The van der Waals surface area contributed by atoms with Gasteiger partial charge in [-0.2, -0.15) is 13.2 Å². The summed E-state index contributed by atoms with van der Waals surface area (Å²) in [6.07, 6.45) is 3.82. The SMILES string of the molecule is [C-]#[N+]c1ccc(CCCCCCCCc2ccccc2)cc1C(F)(F)F. The topological polar surface area (TPSA) is 4.36 Å². The molecule has 0 bridgehead atoms. The second-order valence-corrected chi connectivity index (χ2v) is 6.57. The van der Waals surface area contributed by atoms with E-state index in [1.54, 1.807) is 6.07 Å². The molecule has 1 nitrogen and oxygen atoms in total. The molecule has 2 rings (SSSR count). The Labute approximate surface area is 153 Å². The lowest BCUT2D eigenvalue weighted by atomic mass is 10.0. The van der Waals surface area contributed by atoms with Crippen LogP contribution in [-0.4, -0.2) is 0 Å². The van der Waals surface area contributed by atoms with Crippen LogP contribution in [0.1, 0.15) is 55.2 Å². The van der Waals surface area contributed by atoms with Crippen LogP contribution in [0.5, 0.6) is 0 Å². The Morgan fingerprint density at radius 1 is 0.731 bits per heavy atom. The predicted molar refractivity (Wildman–Crippen MR) is 99.3 cm³/mol. The van der Waals surface area contributed by atoms with Crippen molar-refractivity contribution < 1.29 is 13.2 Å². The zero-order valence-electron chi connectivity index (χ0n) is 14.9. The minimum atomic E-state index is -4.46. The molecule has 4 heteroatoms. The fourth-order valence-electron chi connectivity index (χ4n) is 3.07. The fraction of sp³-hybridized carbons (Fsp3) is 0.409. The minimum Gasteiger partial charge on any atom is -0.238 e. The predicted octanol–water partition coefficient (Wildman–Crippen LogP) is 7.38. The van der Waals surface area contributed by atoms with Crippen molar-refractivity contribution in [2.45, 2.75) is 57.5 Å². The minimum absolute atomic E-state index is 0.320. The molecule has 0 amide bonds. The molecule has 2 aromatic rings. The lowest BCUT2D eigenvalue weighted by Gasteiger charge is -2.11. The smallest absolute Gasteiger partial charge is 0.238 e. The van der Waals surface area contributed by atoms with Gasteiger partial charge in [0.2, 0.25) is 0 Å². The lowest BCUT2D eigenvalue weighted by Crippen LogP contribution is -2.05. The van der Waals surface area contributed by atoms with Crippen molar-refractivity contribution >= 4 is 5.69 Å². The highest BCUT2D eigenvalue weighted by Crippen LogP contribution is 2.37. The normalized spacial score (nSPS) is 11.3. The van der Waals surface area contributed by atoms with E-state index in [-0.39, 0.29) is 5.69 Å². The Bertz CT molecular complexity index is 714. The average molecular weight is 359 g/mol. The molecule has 26 heavy (non-hydrogen) atoms. The summed E-state index contributed by atoms with van der Waals surface area (Å²) in [6, 6.07) is 14.5. The van der Waals surface area contributed by atoms with Crippen molar-refractivity contribution in [1.82, 2.24) is 0 Å². The summed E-state index contributed by atoms with van der Waals surface area (Å²) in [5.74, 6) is 0. The second kappa shape index (κ2) is 10.0. The van der Waals surface area contributed by atoms with Gasteiger partial charge in [-0.25, -0.2) is 4.85 Å². The number of halogens is 3. The number of benzene rings is 2. The molecule has 0 unspecified atom stereocenters. The van der Waals surface area contributed by atoms with Crippen LogP contribution < -0.4 is 0 Å². The first-order valence-corrected chi connectivity index (χ1v) is 9.12. The molecule has 0 radical (unpaired) electrons. The van der Waals surface area contributed by atoms with E-state index >= 15 is 0 Å². The summed E-state index contributed by atoms with van der Waals surface area (Å²) in [5.41, 5.74) is 0.898.